The average Bonchev–Trinajstić information content (AvgIpc) is 2.48. The maximum absolute atomic E-state index is 13.0. The van der Waals surface area contributed by atoms with Crippen LogP contribution in [0.15, 0.2) is 18.3 Å². The van der Waals surface area contributed by atoms with E-state index in [9.17, 15) is 9.50 Å². The van der Waals surface area contributed by atoms with Crippen LogP contribution in [0.2, 0.25) is 0 Å². The summed E-state index contributed by atoms with van der Waals surface area (Å²) in [4.78, 5) is 2.87. The van der Waals surface area contributed by atoms with E-state index in [4.69, 9.17) is 0 Å². The smallest absolute Gasteiger partial charge is 0.131 e. The van der Waals surface area contributed by atoms with Crippen LogP contribution < -0.4 is 0 Å². The molecule has 1 heterocycles. The zero-order chi connectivity index (χ0) is 8.72. The van der Waals surface area contributed by atoms with Crippen LogP contribution in [0, 0.1) is 12.7 Å². The Morgan fingerprint density at radius 3 is 3.00 bits per heavy atom. The molecule has 0 amide bonds. The summed E-state index contributed by atoms with van der Waals surface area (Å²) in [5.41, 5.74) is 1.19. The number of nitrogens with one attached hydrogen (secondary N) is 1. The number of aromatic hydroxyl groups is 1. The summed E-state index contributed by atoms with van der Waals surface area (Å²) < 4.78 is 13.0. The van der Waals surface area contributed by atoms with Crippen molar-refractivity contribution in [1.82, 2.24) is 4.98 Å². The van der Waals surface area contributed by atoms with Crippen LogP contribution in [0.4, 0.5) is 4.39 Å². The number of hydrogen-bond acceptors (Lipinski definition) is 1. The molecule has 2 N–H and O–H groups in total. The Morgan fingerprint density at radius 1 is 1.50 bits per heavy atom. The lowest BCUT2D eigenvalue weighted by Crippen LogP contribution is -1.83. The van der Waals surface area contributed by atoms with E-state index < -0.39 is 0 Å². The number of phenolic OH excluding ortho intramolecular Hbond substituents is 1. The Labute approximate surface area is 68.6 Å². The molecule has 2 nitrogen and oxygen atoms in total. The predicted molar refractivity (Wildman–Crippen MR) is 44.7 cm³/mol. The number of fused-ring (bicyclic) bond motifs is 1. The summed E-state index contributed by atoms with van der Waals surface area (Å²) in [5.74, 6) is -0.406. The molecule has 0 atom stereocenters. The van der Waals surface area contributed by atoms with Gasteiger partial charge in [0.2, 0.25) is 0 Å². The summed E-state index contributed by atoms with van der Waals surface area (Å²) in [7, 11) is 0. The minimum absolute atomic E-state index is 0.0191. The van der Waals surface area contributed by atoms with Crippen LogP contribution >= 0.6 is 0 Å². The maximum atomic E-state index is 13.0. The van der Waals surface area contributed by atoms with Gasteiger partial charge in [0.1, 0.15) is 11.6 Å². The topological polar surface area (TPSA) is 36.0 Å². The Kier molecular flexibility index (Phi) is 1.33. The van der Waals surface area contributed by atoms with Crippen LogP contribution in [0.1, 0.15) is 5.56 Å². The van der Waals surface area contributed by atoms with E-state index in [0.717, 1.165) is 6.07 Å². The molecule has 0 saturated carbocycles. The lowest BCUT2D eigenvalue weighted by atomic mass is 10.1. The van der Waals surface area contributed by atoms with E-state index in [1.165, 1.54) is 0 Å². The van der Waals surface area contributed by atoms with E-state index in [-0.39, 0.29) is 11.6 Å². The third kappa shape index (κ3) is 0.794. The van der Waals surface area contributed by atoms with E-state index >= 15 is 0 Å². The number of halogens is 1. The van der Waals surface area contributed by atoms with E-state index in [0.29, 0.717) is 16.5 Å². The lowest BCUT2D eigenvalue weighted by molar-refractivity contribution is 0.475. The van der Waals surface area contributed by atoms with Crippen molar-refractivity contribution in [3.63, 3.8) is 0 Å². The first-order valence-electron chi connectivity index (χ1n) is 3.65. The Bertz CT molecular complexity index is 433. The van der Waals surface area contributed by atoms with E-state index in [2.05, 4.69) is 4.98 Å². The molecule has 1 aromatic heterocycles. The van der Waals surface area contributed by atoms with Crippen LogP contribution in [0.25, 0.3) is 10.9 Å². The molecule has 0 aliphatic carbocycles. The second-order valence-electron chi connectivity index (χ2n) is 2.77. The van der Waals surface area contributed by atoms with Crippen LogP contribution in [-0.4, -0.2) is 10.1 Å². The second-order valence-corrected chi connectivity index (χ2v) is 2.77. The molecule has 0 saturated heterocycles. The van der Waals surface area contributed by atoms with Gasteiger partial charge in [-0.2, -0.15) is 0 Å². The Balaban J connectivity index is 2.97. The van der Waals surface area contributed by atoms with Gasteiger partial charge in [-0.15, -0.1) is 0 Å². The highest BCUT2D eigenvalue weighted by atomic mass is 19.1. The van der Waals surface area contributed by atoms with E-state index in [1.54, 1.807) is 19.2 Å². The van der Waals surface area contributed by atoms with Crippen LogP contribution in [0.5, 0.6) is 5.75 Å². The molecule has 0 radical (unpaired) electrons. The van der Waals surface area contributed by atoms with Crippen molar-refractivity contribution in [1.29, 1.82) is 0 Å². The number of aromatic nitrogens is 1. The van der Waals surface area contributed by atoms with Crippen molar-refractivity contribution in [2.24, 2.45) is 0 Å². The summed E-state index contributed by atoms with van der Waals surface area (Å²) in [5, 5.41) is 9.97. The molecule has 2 aromatic rings. The van der Waals surface area contributed by atoms with Gasteiger partial charge in [0.25, 0.3) is 0 Å². The number of phenols is 1. The fourth-order valence-corrected chi connectivity index (χ4v) is 1.32. The molecule has 1 aromatic carbocycles. The quantitative estimate of drug-likeness (QED) is 0.617. The largest absolute Gasteiger partial charge is 0.507 e. The first-order valence-corrected chi connectivity index (χ1v) is 3.65. The molecule has 0 fully saturated rings. The number of aromatic amines is 1. The van der Waals surface area contributed by atoms with Crippen molar-refractivity contribution in [3.05, 3.63) is 29.7 Å². The van der Waals surface area contributed by atoms with Gasteiger partial charge in [-0.3, -0.25) is 0 Å². The van der Waals surface area contributed by atoms with Crippen molar-refractivity contribution < 1.29 is 9.50 Å². The average molecular weight is 165 g/mol. The van der Waals surface area contributed by atoms with Gasteiger partial charge < -0.3 is 10.1 Å². The van der Waals surface area contributed by atoms with Gasteiger partial charge in [-0.1, -0.05) is 0 Å². The zero-order valence-corrected chi connectivity index (χ0v) is 6.56. The number of rotatable bonds is 0. The third-order valence-corrected chi connectivity index (χ3v) is 2.02. The molecule has 0 bridgehead atoms. The normalized spacial score (nSPS) is 10.8. The van der Waals surface area contributed by atoms with Gasteiger partial charge in [0, 0.05) is 23.2 Å². The Morgan fingerprint density at radius 2 is 2.25 bits per heavy atom. The lowest BCUT2D eigenvalue weighted by Gasteiger charge is -2.00. The van der Waals surface area contributed by atoms with Crippen molar-refractivity contribution in [3.8, 4) is 5.75 Å². The number of H-pyrrole nitrogens is 1. The van der Waals surface area contributed by atoms with Crippen molar-refractivity contribution in [2.75, 3.05) is 0 Å². The highest BCUT2D eigenvalue weighted by Crippen LogP contribution is 2.28. The number of aryl methyl sites for hydroxylation is 1. The maximum Gasteiger partial charge on any atom is 0.131 e. The second kappa shape index (κ2) is 2.24. The summed E-state index contributed by atoms with van der Waals surface area (Å²) in [6.07, 6.45) is 1.68. The summed E-state index contributed by atoms with van der Waals surface area (Å²) in [6.45, 7) is 1.67. The van der Waals surface area contributed by atoms with Crippen LogP contribution in [-0.2, 0) is 0 Å². The van der Waals surface area contributed by atoms with E-state index in [1.807, 2.05) is 0 Å². The molecular formula is C9H8FNO. The molecule has 0 aliphatic heterocycles. The molecule has 2 rings (SSSR count). The molecule has 3 heteroatoms. The first kappa shape index (κ1) is 7.16. The molecule has 62 valence electrons. The van der Waals surface area contributed by atoms with Crippen LogP contribution in [0.3, 0.4) is 0 Å². The molecular weight excluding hydrogens is 157 g/mol. The van der Waals surface area contributed by atoms with Crippen molar-refractivity contribution in [2.45, 2.75) is 6.92 Å². The molecule has 0 spiro atoms. The monoisotopic (exact) mass is 165 g/mol. The minimum Gasteiger partial charge on any atom is -0.507 e. The fraction of sp³-hybridized carbons (Fsp3) is 0.111. The Hall–Kier alpha value is -1.51. The molecule has 12 heavy (non-hydrogen) atoms. The zero-order valence-electron chi connectivity index (χ0n) is 6.56. The fourth-order valence-electron chi connectivity index (χ4n) is 1.32. The number of benzene rings is 1. The first-order chi connectivity index (χ1) is 5.70. The highest BCUT2D eigenvalue weighted by molar-refractivity contribution is 5.88. The predicted octanol–water partition coefficient (Wildman–Crippen LogP) is 2.32. The SMILES string of the molecule is Cc1c(F)cc(O)c2cc[nH]c12. The number of hydrogen-bond donors (Lipinski definition) is 2. The van der Waals surface area contributed by atoms with Crippen molar-refractivity contribution >= 4 is 10.9 Å². The molecule has 0 aliphatic rings. The van der Waals surface area contributed by atoms with Gasteiger partial charge in [0.15, 0.2) is 0 Å². The summed E-state index contributed by atoms with van der Waals surface area (Å²) in [6, 6.07) is 2.85. The minimum atomic E-state index is -0.387. The highest BCUT2D eigenvalue weighted by Gasteiger charge is 2.07. The van der Waals surface area contributed by atoms with Gasteiger partial charge in [-0.05, 0) is 13.0 Å². The molecule has 0 unspecified atom stereocenters. The van der Waals surface area contributed by atoms with Gasteiger partial charge in [0.05, 0.1) is 5.52 Å². The third-order valence-electron chi connectivity index (χ3n) is 2.02. The van der Waals surface area contributed by atoms with Gasteiger partial charge in [-0.25, -0.2) is 4.39 Å². The standard InChI is InChI=1S/C9H8FNO/c1-5-7(10)4-8(12)6-2-3-11-9(5)6/h2-4,11-12H,1H3. The van der Waals surface area contributed by atoms with Gasteiger partial charge >= 0.3 is 0 Å². The summed E-state index contributed by atoms with van der Waals surface area (Å²) >= 11 is 0.